The van der Waals surface area contributed by atoms with Gasteiger partial charge in [0.05, 0.1) is 0 Å². The summed E-state index contributed by atoms with van der Waals surface area (Å²) in [6, 6.07) is 9.94. The van der Waals surface area contributed by atoms with Gasteiger partial charge in [0.1, 0.15) is 0 Å². The van der Waals surface area contributed by atoms with Crippen molar-refractivity contribution in [2.75, 3.05) is 0 Å². The van der Waals surface area contributed by atoms with E-state index in [0.29, 0.717) is 0 Å². The van der Waals surface area contributed by atoms with Crippen molar-refractivity contribution in [3.63, 3.8) is 0 Å². The van der Waals surface area contributed by atoms with E-state index < -0.39 is 20.0 Å². The van der Waals surface area contributed by atoms with Gasteiger partial charge in [-0.05, 0) is 0 Å². The van der Waals surface area contributed by atoms with Crippen LogP contribution in [0.3, 0.4) is 0 Å². The second-order valence-electron chi connectivity index (χ2n) is 13.1. The molecule has 0 nitrogen and oxygen atoms in total. The predicted octanol–water partition coefficient (Wildman–Crippen LogP) is 4.62. The Morgan fingerprint density at radius 2 is 0.923 bits per heavy atom. The van der Waals surface area contributed by atoms with Gasteiger partial charge in [0.2, 0.25) is 0 Å². The fourth-order valence-electron chi connectivity index (χ4n) is 8.12. The summed E-state index contributed by atoms with van der Waals surface area (Å²) in [5, 5.41) is 0. The normalized spacial score (nSPS) is 19.4. The van der Waals surface area contributed by atoms with Crippen LogP contribution in [0.2, 0.25) is 8.35 Å². The molecule has 1 aliphatic heterocycles. The number of hydrogen-bond acceptors (Lipinski definition) is 0. The molecule has 1 fully saturated rings. The molecule has 0 N–H and O–H groups in total. The van der Waals surface area contributed by atoms with E-state index >= 15 is 0 Å². The van der Waals surface area contributed by atoms with Crippen LogP contribution in [0.25, 0.3) is 12.2 Å². The molecule has 3 aliphatic rings. The molecule has 2 aliphatic carbocycles. The van der Waals surface area contributed by atoms with E-state index in [4.69, 9.17) is 0 Å². The number of halogens is 2. The van der Waals surface area contributed by atoms with Crippen molar-refractivity contribution < 1.29 is 44.8 Å². The van der Waals surface area contributed by atoms with E-state index in [1.54, 1.807) is 41.7 Å². The van der Waals surface area contributed by atoms with Crippen LogP contribution in [0, 0.1) is 11.8 Å². The summed E-state index contributed by atoms with van der Waals surface area (Å²) in [7, 11) is 0. The summed E-state index contributed by atoms with van der Waals surface area (Å²) in [5.41, 5.74) is 17.1. The molecule has 212 valence electrons. The van der Waals surface area contributed by atoms with Crippen LogP contribution in [0.5, 0.6) is 0 Å². The molecule has 2 aromatic carbocycles. The van der Waals surface area contributed by atoms with E-state index in [9.17, 15) is 0 Å². The summed E-state index contributed by atoms with van der Waals surface area (Å²) in [6.45, 7) is 19.3. The zero-order valence-corrected chi connectivity index (χ0v) is 30.8. The quantitative estimate of drug-likeness (QED) is 0.314. The minimum absolute atomic E-state index is 0. The Kier molecular flexibility index (Phi) is 11.1. The molecule has 0 saturated carbocycles. The SMILES string of the molecule is CCc1ccc(CC)c2c1C=C(CC(C)C)[CH]2[Hf+2]1([CH]2C(CC(C)C)=Cc3c(CC)ccc(CC)c32)[CH2][CH2]1.[Cl-].[Cl-]. The largest absolute Gasteiger partial charge is 1.00 e. The standard InChI is InChI=1S/2C17H23.C2H4.2ClH.Hf/c2*1-5-14-7-8-15(6-2)17-11-13(9-12(3)4)10-16(14)17;1-2;;;/h2*7-8,10-12H,5-6,9H2,1-4H3;1-2H2;2*1H;/q;;;;;+2/p-2. The second-order valence-corrected chi connectivity index (χ2v) is 29.7. The third kappa shape index (κ3) is 5.72. The Bertz CT molecular complexity index is 1150. The Labute approximate surface area is 256 Å². The van der Waals surface area contributed by atoms with Gasteiger partial charge in [0, 0.05) is 0 Å². The maximum absolute atomic E-state index is 2.85. The fourth-order valence-corrected chi connectivity index (χ4v) is 36.3. The van der Waals surface area contributed by atoms with Crippen molar-refractivity contribution in [2.45, 2.75) is 110 Å². The fraction of sp³-hybridized carbons (Fsp3) is 0.556. The van der Waals surface area contributed by atoms with Crippen molar-refractivity contribution >= 4 is 12.2 Å². The molecule has 2 aromatic rings. The Morgan fingerprint density at radius 3 is 1.21 bits per heavy atom. The van der Waals surface area contributed by atoms with Crippen LogP contribution >= 0.6 is 0 Å². The summed E-state index contributed by atoms with van der Waals surface area (Å²) >= 11 is -2.85. The Morgan fingerprint density at radius 1 is 0.590 bits per heavy atom. The summed E-state index contributed by atoms with van der Waals surface area (Å²) in [5.74, 6) is 1.45. The Hall–Kier alpha value is -0.630. The van der Waals surface area contributed by atoms with Crippen molar-refractivity contribution in [3.05, 3.63) is 79.9 Å². The molecule has 2 atom stereocenters. The molecule has 0 bridgehead atoms. The van der Waals surface area contributed by atoms with Crippen molar-refractivity contribution in [2.24, 2.45) is 11.8 Å². The molecule has 0 aromatic heterocycles. The van der Waals surface area contributed by atoms with E-state index in [0.717, 1.165) is 32.0 Å². The van der Waals surface area contributed by atoms with E-state index in [1.807, 2.05) is 22.3 Å². The smallest absolute Gasteiger partial charge is 1.00 e. The van der Waals surface area contributed by atoms with Crippen LogP contribution in [-0.4, -0.2) is 0 Å². The first-order valence-electron chi connectivity index (χ1n) is 15.5. The molecule has 2 unspecified atom stereocenters. The maximum atomic E-state index is 2.73. The van der Waals surface area contributed by atoms with Crippen LogP contribution < -0.4 is 24.8 Å². The number of benzene rings is 2. The predicted molar refractivity (Wildman–Crippen MR) is 160 cm³/mol. The third-order valence-corrected chi connectivity index (χ3v) is 28.6. The monoisotopic (exact) mass is 732 g/mol. The van der Waals surface area contributed by atoms with Gasteiger partial charge in [-0.1, -0.05) is 0 Å². The minimum atomic E-state index is -2.85. The number of aryl methyl sites for hydroxylation is 4. The van der Waals surface area contributed by atoms with Gasteiger partial charge in [-0.25, -0.2) is 0 Å². The maximum Gasteiger partial charge on any atom is -1.00 e. The first-order valence-corrected chi connectivity index (χ1v) is 24.7. The van der Waals surface area contributed by atoms with Crippen molar-refractivity contribution in [3.8, 4) is 0 Å². The molecular formula is C36H50Cl2Hf. The number of fused-ring (bicyclic) bond motifs is 2. The molecule has 5 rings (SSSR count). The van der Waals surface area contributed by atoms with Crippen LogP contribution in [-0.2, 0) is 45.7 Å². The number of allylic oxidation sites excluding steroid dienone is 2. The number of hydrogen-bond donors (Lipinski definition) is 0. The van der Waals surface area contributed by atoms with Gasteiger partial charge >= 0.3 is 233 Å². The zero-order chi connectivity index (χ0) is 26.5. The molecule has 1 heterocycles. The summed E-state index contributed by atoms with van der Waals surface area (Å²) in [6.07, 6.45) is 12.7. The molecule has 3 heteroatoms. The molecule has 1 saturated heterocycles. The summed E-state index contributed by atoms with van der Waals surface area (Å²) < 4.78 is 4.77. The van der Waals surface area contributed by atoms with Gasteiger partial charge in [-0.2, -0.15) is 0 Å². The summed E-state index contributed by atoms with van der Waals surface area (Å²) in [4.78, 5) is 0. The molecule has 0 radical (unpaired) electrons. The van der Waals surface area contributed by atoms with Crippen molar-refractivity contribution in [1.82, 2.24) is 0 Å². The minimum Gasteiger partial charge on any atom is -1.00 e. The van der Waals surface area contributed by atoms with E-state index in [1.165, 1.54) is 25.7 Å². The molecule has 0 amide bonds. The second kappa shape index (κ2) is 13.1. The van der Waals surface area contributed by atoms with E-state index in [2.05, 4.69) is 91.8 Å². The van der Waals surface area contributed by atoms with Gasteiger partial charge in [-0.15, -0.1) is 0 Å². The van der Waals surface area contributed by atoms with Crippen LogP contribution in [0.15, 0.2) is 35.4 Å². The van der Waals surface area contributed by atoms with Crippen LogP contribution in [0.4, 0.5) is 0 Å². The van der Waals surface area contributed by atoms with Gasteiger partial charge in [-0.3, -0.25) is 0 Å². The zero-order valence-electron chi connectivity index (χ0n) is 25.7. The van der Waals surface area contributed by atoms with Gasteiger partial charge in [0.25, 0.3) is 0 Å². The van der Waals surface area contributed by atoms with E-state index in [-0.39, 0.29) is 24.8 Å². The molecule has 39 heavy (non-hydrogen) atoms. The van der Waals surface area contributed by atoms with Gasteiger partial charge in [0.15, 0.2) is 0 Å². The first kappa shape index (κ1) is 32.9. The Balaban J connectivity index is 0.00000210. The first-order chi connectivity index (χ1) is 17.8. The number of rotatable bonds is 10. The average molecular weight is 732 g/mol. The molecular weight excluding hydrogens is 682 g/mol. The topological polar surface area (TPSA) is 0 Å². The van der Waals surface area contributed by atoms with Gasteiger partial charge < -0.3 is 24.8 Å². The third-order valence-electron chi connectivity index (χ3n) is 9.70. The average Bonchev–Trinajstić information content (AvgIpc) is 3.42. The van der Waals surface area contributed by atoms with Crippen molar-refractivity contribution in [1.29, 1.82) is 0 Å². The molecule has 0 spiro atoms. The van der Waals surface area contributed by atoms with Crippen LogP contribution in [0.1, 0.15) is 120 Å².